The van der Waals surface area contributed by atoms with Gasteiger partial charge in [-0.25, -0.2) is 17.5 Å². The van der Waals surface area contributed by atoms with Gasteiger partial charge in [0.2, 0.25) is 15.9 Å². The number of amides is 4. The lowest BCUT2D eigenvalue weighted by Gasteiger charge is -2.22. The Morgan fingerprint density at radius 1 is 1.18 bits per heavy atom. The summed E-state index contributed by atoms with van der Waals surface area (Å²) >= 11 is 0. The topological polar surface area (TPSA) is 125 Å². The summed E-state index contributed by atoms with van der Waals surface area (Å²) < 4.78 is 31.5. The number of rotatable bonds is 8. The van der Waals surface area contributed by atoms with Crippen molar-refractivity contribution in [1.29, 1.82) is 0 Å². The highest BCUT2D eigenvalue weighted by Gasteiger charge is 2.48. The van der Waals surface area contributed by atoms with Crippen molar-refractivity contribution < 1.29 is 27.5 Å². The van der Waals surface area contributed by atoms with Gasteiger partial charge in [-0.05, 0) is 43.2 Å². The quantitative estimate of drug-likeness (QED) is 0.546. The molecule has 1 heterocycles. The lowest BCUT2D eigenvalue weighted by Crippen LogP contribution is -2.46. The van der Waals surface area contributed by atoms with Crippen molar-refractivity contribution in [1.82, 2.24) is 14.5 Å². The predicted octanol–water partition coefficient (Wildman–Crippen LogP) is 1.75. The van der Waals surface area contributed by atoms with Crippen molar-refractivity contribution in [3.05, 3.63) is 53.6 Å². The molecule has 1 aliphatic heterocycles. The summed E-state index contributed by atoms with van der Waals surface area (Å²) in [7, 11) is 0.640. The van der Waals surface area contributed by atoms with Gasteiger partial charge in [-0.15, -0.1) is 0 Å². The number of nitrogens with zero attached hydrogens (tertiary/aromatic N) is 2. The molecule has 182 valence electrons. The minimum absolute atomic E-state index is 0.0506. The maximum Gasteiger partial charge on any atom is 0.325 e. The third kappa shape index (κ3) is 4.90. The standard InChI is InChI=1S/C23H28N4O6S/c1-15-10-11-17(12-19(15)34(31,32)26(3)4)24-20(28)14-27-21(29)23(2,25-22(27)30)13-16-8-6-7-9-18(16)33-5/h6-12H,13-14H2,1-5H3,(H,24,28)(H,25,30)/t23-/m1/s1. The number of carbonyl (C=O) groups excluding carboxylic acids is 3. The van der Waals surface area contributed by atoms with Crippen LogP contribution in [0.5, 0.6) is 5.75 Å². The average molecular weight is 489 g/mol. The van der Waals surface area contributed by atoms with Gasteiger partial charge >= 0.3 is 6.03 Å². The molecule has 0 radical (unpaired) electrons. The van der Waals surface area contributed by atoms with E-state index in [4.69, 9.17) is 4.74 Å². The zero-order valence-electron chi connectivity index (χ0n) is 19.7. The number of ether oxygens (including phenoxy) is 1. The van der Waals surface area contributed by atoms with E-state index in [0.29, 0.717) is 11.3 Å². The zero-order valence-corrected chi connectivity index (χ0v) is 20.5. The third-order valence-electron chi connectivity index (χ3n) is 5.61. The number of hydrogen-bond donors (Lipinski definition) is 2. The number of urea groups is 1. The second-order valence-electron chi connectivity index (χ2n) is 8.46. The summed E-state index contributed by atoms with van der Waals surface area (Å²) in [6, 6.07) is 11.0. The number of para-hydroxylation sites is 1. The summed E-state index contributed by atoms with van der Waals surface area (Å²) in [6.45, 7) is 2.73. The number of anilines is 1. The van der Waals surface area contributed by atoms with Crippen molar-refractivity contribution >= 4 is 33.6 Å². The lowest BCUT2D eigenvalue weighted by atomic mass is 9.92. The van der Waals surface area contributed by atoms with E-state index in [1.165, 1.54) is 27.3 Å². The van der Waals surface area contributed by atoms with Crippen LogP contribution >= 0.6 is 0 Å². The largest absolute Gasteiger partial charge is 0.496 e. The Morgan fingerprint density at radius 2 is 1.85 bits per heavy atom. The molecule has 0 saturated carbocycles. The lowest BCUT2D eigenvalue weighted by molar-refractivity contribution is -0.133. The molecule has 2 aromatic carbocycles. The first-order valence-electron chi connectivity index (χ1n) is 10.5. The van der Waals surface area contributed by atoms with Gasteiger partial charge in [-0.3, -0.25) is 14.5 Å². The Labute approximate surface area is 198 Å². The minimum atomic E-state index is -3.71. The maximum atomic E-state index is 13.1. The van der Waals surface area contributed by atoms with E-state index in [2.05, 4.69) is 10.6 Å². The van der Waals surface area contributed by atoms with Crippen molar-refractivity contribution in [2.45, 2.75) is 30.7 Å². The first-order valence-corrected chi connectivity index (χ1v) is 11.9. The number of methoxy groups -OCH3 is 1. The van der Waals surface area contributed by atoms with E-state index >= 15 is 0 Å². The van der Waals surface area contributed by atoms with Crippen molar-refractivity contribution in [2.75, 3.05) is 33.1 Å². The minimum Gasteiger partial charge on any atom is -0.496 e. The summed E-state index contributed by atoms with van der Waals surface area (Å²) in [5.74, 6) is -0.592. The molecule has 1 aliphatic rings. The van der Waals surface area contributed by atoms with E-state index in [1.807, 2.05) is 0 Å². The SMILES string of the molecule is COc1ccccc1C[C@@]1(C)NC(=O)N(CC(=O)Nc2ccc(C)c(S(=O)(=O)N(C)C)c2)C1=O. The Bertz CT molecular complexity index is 1240. The molecule has 0 unspecified atom stereocenters. The molecule has 2 aromatic rings. The van der Waals surface area contributed by atoms with Crippen molar-refractivity contribution in [3.63, 3.8) is 0 Å². The normalized spacial score (nSPS) is 18.2. The highest BCUT2D eigenvalue weighted by Crippen LogP contribution is 2.27. The van der Waals surface area contributed by atoms with Crippen LogP contribution in [0, 0.1) is 6.92 Å². The smallest absolute Gasteiger partial charge is 0.325 e. The number of benzene rings is 2. The van der Waals surface area contributed by atoms with E-state index in [-0.39, 0.29) is 17.0 Å². The second-order valence-corrected chi connectivity index (χ2v) is 10.6. The summed E-state index contributed by atoms with van der Waals surface area (Å²) in [5.41, 5.74) is 0.248. The van der Waals surface area contributed by atoms with Crippen molar-refractivity contribution in [3.8, 4) is 5.75 Å². The highest BCUT2D eigenvalue weighted by atomic mass is 32.2. The molecule has 1 fully saturated rings. The van der Waals surface area contributed by atoms with E-state index in [9.17, 15) is 22.8 Å². The monoisotopic (exact) mass is 488 g/mol. The van der Waals surface area contributed by atoms with Gasteiger partial charge in [0.05, 0.1) is 12.0 Å². The van der Waals surface area contributed by atoms with Gasteiger partial charge in [0, 0.05) is 26.2 Å². The van der Waals surface area contributed by atoms with Gasteiger partial charge in [-0.1, -0.05) is 24.3 Å². The summed E-state index contributed by atoms with van der Waals surface area (Å²) in [6.07, 6.45) is 0.184. The Balaban J connectivity index is 1.75. The number of nitrogens with one attached hydrogen (secondary N) is 2. The first-order chi connectivity index (χ1) is 15.9. The summed E-state index contributed by atoms with van der Waals surface area (Å²) in [4.78, 5) is 39.1. The number of hydrogen-bond acceptors (Lipinski definition) is 6. The van der Waals surface area contributed by atoms with Crippen LogP contribution in [0.1, 0.15) is 18.1 Å². The van der Waals surface area contributed by atoms with Crippen LogP contribution in [0.15, 0.2) is 47.4 Å². The molecule has 4 amide bonds. The zero-order chi connectivity index (χ0) is 25.3. The molecule has 3 rings (SSSR count). The number of aryl methyl sites for hydroxylation is 1. The Hall–Kier alpha value is -3.44. The van der Waals surface area contributed by atoms with E-state index in [1.54, 1.807) is 50.2 Å². The molecular weight excluding hydrogens is 460 g/mol. The summed E-state index contributed by atoms with van der Waals surface area (Å²) in [5, 5.41) is 5.23. The van der Waals surface area contributed by atoms with Crippen LogP contribution in [0.3, 0.4) is 0 Å². The fourth-order valence-electron chi connectivity index (χ4n) is 3.74. The van der Waals surface area contributed by atoms with Crippen LogP contribution in [0.25, 0.3) is 0 Å². The third-order valence-corrected chi connectivity index (χ3v) is 7.57. The second kappa shape index (κ2) is 9.43. The van der Waals surface area contributed by atoms with Crippen LogP contribution in [-0.2, 0) is 26.0 Å². The fraction of sp³-hybridized carbons (Fsp3) is 0.348. The van der Waals surface area contributed by atoms with E-state index < -0.39 is 40.0 Å². The molecule has 11 heteroatoms. The molecule has 0 bridgehead atoms. The first kappa shape index (κ1) is 25.2. The maximum absolute atomic E-state index is 13.1. The van der Waals surface area contributed by atoms with Crippen LogP contribution in [0.4, 0.5) is 10.5 Å². The molecule has 0 spiro atoms. The van der Waals surface area contributed by atoms with Gasteiger partial charge < -0.3 is 15.4 Å². The Kier molecular flexibility index (Phi) is 6.99. The molecular formula is C23H28N4O6S. The Morgan fingerprint density at radius 3 is 2.50 bits per heavy atom. The predicted molar refractivity (Wildman–Crippen MR) is 126 cm³/mol. The van der Waals surface area contributed by atoms with Gasteiger partial charge in [0.15, 0.2) is 0 Å². The number of carbonyl (C=O) groups is 3. The van der Waals surface area contributed by atoms with Gasteiger partial charge in [-0.2, -0.15) is 0 Å². The molecule has 0 aromatic heterocycles. The molecule has 1 saturated heterocycles. The molecule has 34 heavy (non-hydrogen) atoms. The van der Waals surface area contributed by atoms with Crippen LogP contribution < -0.4 is 15.4 Å². The molecule has 2 N–H and O–H groups in total. The highest BCUT2D eigenvalue weighted by molar-refractivity contribution is 7.89. The van der Waals surface area contributed by atoms with Crippen LogP contribution in [-0.4, -0.2) is 68.8 Å². The van der Waals surface area contributed by atoms with Crippen LogP contribution in [0.2, 0.25) is 0 Å². The van der Waals surface area contributed by atoms with Gasteiger partial charge in [0.25, 0.3) is 5.91 Å². The number of imide groups is 1. The molecule has 1 atom stereocenters. The average Bonchev–Trinajstić information content (AvgIpc) is 2.98. The fourth-order valence-corrected chi connectivity index (χ4v) is 4.88. The van der Waals surface area contributed by atoms with Crippen molar-refractivity contribution in [2.24, 2.45) is 0 Å². The van der Waals surface area contributed by atoms with E-state index in [0.717, 1.165) is 14.8 Å². The molecule has 10 nitrogen and oxygen atoms in total. The molecule has 0 aliphatic carbocycles. The number of sulfonamides is 1. The van der Waals surface area contributed by atoms with Gasteiger partial charge in [0.1, 0.15) is 17.8 Å².